The van der Waals surface area contributed by atoms with Gasteiger partial charge in [0.2, 0.25) is 0 Å². The topological polar surface area (TPSA) is 12.0 Å². The van der Waals surface area contributed by atoms with Gasteiger partial charge in [0.05, 0.1) is 6.04 Å². The van der Waals surface area contributed by atoms with Gasteiger partial charge in [-0.05, 0) is 13.5 Å². The van der Waals surface area contributed by atoms with E-state index >= 15 is 0 Å². The second-order valence-electron chi connectivity index (χ2n) is 3.56. The first-order valence-electron chi connectivity index (χ1n) is 5.48. The zero-order valence-electron chi connectivity index (χ0n) is 9.10. The summed E-state index contributed by atoms with van der Waals surface area (Å²) in [7, 11) is 1.93. The zero-order chi connectivity index (χ0) is 9.94. The molecule has 0 saturated carbocycles. The molecule has 0 aromatic heterocycles. The van der Waals surface area contributed by atoms with E-state index in [0.717, 1.165) is 6.42 Å². The zero-order valence-corrected chi connectivity index (χ0v) is 9.10. The predicted octanol–water partition coefficient (Wildman–Crippen LogP) is 2.96. The smallest absolute Gasteiger partial charge is 0.0684 e. The summed E-state index contributed by atoms with van der Waals surface area (Å²) >= 11 is 0. The van der Waals surface area contributed by atoms with E-state index in [1.807, 2.05) is 7.05 Å². The van der Waals surface area contributed by atoms with Crippen molar-refractivity contribution in [3.63, 3.8) is 0 Å². The lowest BCUT2D eigenvalue weighted by molar-refractivity contribution is 0.545. The summed E-state index contributed by atoms with van der Waals surface area (Å²) in [5.41, 5.74) is 0. The van der Waals surface area contributed by atoms with Gasteiger partial charge >= 0.3 is 0 Å². The molecule has 1 heteroatoms. The molecule has 0 unspecified atom stereocenters. The van der Waals surface area contributed by atoms with Crippen LogP contribution in [0.2, 0.25) is 0 Å². The standard InChI is InChI=1S/C12H23N/c1-4-6-7-8-9-10-11-12(5-2)13-3/h2,12-13H,4,6-11H2,1,3H3/t12-/m0/s1. The van der Waals surface area contributed by atoms with E-state index in [4.69, 9.17) is 6.42 Å². The minimum absolute atomic E-state index is 0.283. The molecular formula is C12H23N. The highest BCUT2D eigenvalue weighted by Gasteiger charge is 1.99. The van der Waals surface area contributed by atoms with Gasteiger partial charge in [0.15, 0.2) is 0 Å². The molecule has 0 rings (SSSR count). The van der Waals surface area contributed by atoms with Crippen LogP contribution in [0.15, 0.2) is 0 Å². The lowest BCUT2D eigenvalue weighted by atomic mass is 10.1. The maximum atomic E-state index is 5.33. The molecule has 13 heavy (non-hydrogen) atoms. The van der Waals surface area contributed by atoms with Crippen molar-refractivity contribution in [1.82, 2.24) is 5.32 Å². The quantitative estimate of drug-likeness (QED) is 0.448. The van der Waals surface area contributed by atoms with Crippen LogP contribution in [-0.2, 0) is 0 Å². The highest BCUT2D eigenvalue weighted by atomic mass is 14.8. The fraction of sp³-hybridized carbons (Fsp3) is 0.833. The van der Waals surface area contributed by atoms with Crippen molar-refractivity contribution in [2.45, 2.75) is 57.9 Å². The van der Waals surface area contributed by atoms with Gasteiger partial charge in [-0.1, -0.05) is 51.4 Å². The van der Waals surface area contributed by atoms with Crippen molar-refractivity contribution in [1.29, 1.82) is 0 Å². The molecule has 0 aliphatic heterocycles. The second-order valence-corrected chi connectivity index (χ2v) is 3.56. The first-order chi connectivity index (χ1) is 6.35. The molecular weight excluding hydrogens is 158 g/mol. The van der Waals surface area contributed by atoms with Crippen molar-refractivity contribution >= 4 is 0 Å². The van der Waals surface area contributed by atoms with Crippen LogP contribution in [0.4, 0.5) is 0 Å². The van der Waals surface area contributed by atoms with Gasteiger partial charge in [-0.2, -0.15) is 0 Å². The Morgan fingerprint density at radius 3 is 2.31 bits per heavy atom. The Bertz CT molecular complexity index is 135. The average Bonchev–Trinajstić information content (AvgIpc) is 2.17. The van der Waals surface area contributed by atoms with Gasteiger partial charge in [-0.15, -0.1) is 6.42 Å². The van der Waals surface area contributed by atoms with E-state index < -0.39 is 0 Å². The average molecular weight is 181 g/mol. The Labute approximate surface area is 83.3 Å². The van der Waals surface area contributed by atoms with Crippen LogP contribution in [0.5, 0.6) is 0 Å². The number of unbranched alkanes of at least 4 members (excludes halogenated alkanes) is 5. The summed E-state index contributed by atoms with van der Waals surface area (Å²) in [5, 5.41) is 3.12. The summed E-state index contributed by atoms with van der Waals surface area (Å²) in [5.74, 6) is 2.74. The lowest BCUT2D eigenvalue weighted by Gasteiger charge is -2.08. The van der Waals surface area contributed by atoms with Crippen LogP contribution < -0.4 is 5.32 Å². The first kappa shape index (κ1) is 12.5. The molecule has 0 amide bonds. The van der Waals surface area contributed by atoms with Gasteiger partial charge in [-0.3, -0.25) is 0 Å². The van der Waals surface area contributed by atoms with Crippen molar-refractivity contribution < 1.29 is 0 Å². The molecule has 0 radical (unpaired) electrons. The Kier molecular flexibility index (Phi) is 9.25. The maximum Gasteiger partial charge on any atom is 0.0684 e. The maximum absolute atomic E-state index is 5.33. The van der Waals surface area contributed by atoms with Crippen LogP contribution in [-0.4, -0.2) is 13.1 Å². The van der Waals surface area contributed by atoms with Crippen molar-refractivity contribution in [2.75, 3.05) is 7.05 Å². The largest absolute Gasteiger partial charge is 0.307 e. The van der Waals surface area contributed by atoms with Gasteiger partial charge in [0.25, 0.3) is 0 Å². The number of terminal acetylenes is 1. The molecule has 0 aliphatic carbocycles. The van der Waals surface area contributed by atoms with E-state index in [2.05, 4.69) is 18.2 Å². The molecule has 0 aromatic rings. The molecule has 0 heterocycles. The molecule has 0 aliphatic rings. The summed E-state index contributed by atoms with van der Waals surface area (Å²) in [6.07, 6.45) is 14.5. The minimum atomic E-state index is 0.283. The molecule has 76 valence electrons. The van der Waals surface area contributed by atoms with Crippen LogP contribution in [0.1, 0.15) is 51.9 Å². The lowest BCUT2D eigenvalue weighted by Crippen LogP contribution is -2.22. The highest BCUT2D eigenvalue weighted by Crippen LogP contribution is 2.08. The van der Waals surface area contributed by atoms with Crippen LogP contribution >= 0.6 is 0 Å². The van der Waals surface area contributed by atoms with Crippen molar-refractivity contribution in [3.05, 3.63) is 0 Å². The summed E-state index contributed by atoms with van der Waals surface area (Å²) in [6.45, 7) is 2.25. The minimum Gasteiger partial charge on any atom is -0.307 e. The summed E-state index contributed by atoms with van der Waals surface area (Å²) in [6, 6.07) is 0.283. The van der Waals surface area contributed by atoms with E-state index in [-0.39, 0.29) is 6.04 Å². The van der Waals surface area contributed by atoms with Crippen molar-refractivity contribution in [3.8, 4) is 12.3 Å². The molecule has 0 aromatic carbocycles. The second kappa shape index (κ2) is 9.61. The molecule has 0 bridgehead atoms. The van der Waals surface area contributed by atoms with E-state index in [1.165, 1.54) is 38.5 Å². The molecule has 1 nitrogen and oxygen atoms in total. The van der Waals surface area contributed by atoms with E-state index in [1.54, 1.807) is 0 Å². The Morgan fingerprint density at radius 1 is 1.15 bits per heavy atom. The fourth-order valence-corrected chi connectivity index (χ4v) is 1.44. The monoisotopic (exact) mass is 181 g/mol. The molecule has 1 N–H and O–H groups in total. The Morgan fingerprint density at radius 2 is 1.77 bits per heavy atom. The summed E-state index contributed by atoms with van der Waals surface area (Å²) < 4.78 is 0. The molecule has 1 atom stereocenters. The third-order valence-electron chi connectivity index (χ3n) is 2.40. The molecule has 0 spiro atoms. The number of hydrogen-bond acceptors (Lipinski definition) is 1. The number of rotatable bonds is 8. The van der Waals surface area contributed by atoms with Gasteiger partial charge < -0.3 is 5.32 Å². The fourth-order valence-electron chi connectivity index (χ4n) is 1.44. The molecule has 0 fully saturated rings. The first-order valence-corrected chi connectivity index (χ1v) is 5.48. The van der Waals surface area contributed by atoms with Crippen LogP contribution in [0.25, 0.3) is 0 Å². The van der Waals surface area contributed by atoms with Crippen molar-refractivity contribution in [2.24, 2.45) is 0 Å². The summed E-state index contributed by atoms with van der Waals surface area (Å²) in [4.78, 5) is 0. The van der Waals surface area contributed by atoms with Gasteiger partial charge in [0, 0.05) is 0 Å². The normalized spacial score (nSPS) is 12.4. The Balaban J connectivity index is 3.11. The Hall–Kier alpha value is -0.480. The highest BCUT2D eigenvalue weighted by molar-refractivity contribution is 4.97. The van der Waals surface area contributed by atoms with E-state index in [9.17, 15) is 0 Å². The third kappa shape index (κ3) is 7.87. The predicted molar refractivity (Wildman–Crippen MR) is 59.7 cm³/mol. The third-order valence-corrected chi connectivity index (χ3v) is 2.40. The van der Waals surface area contributed by atoms with Gasteiger partial charge in [0.1, 0.15) is 0 Å². The van der Waals surface area contributed by atoms with Gasteiger partial charge in [-0.25, -0.2) is 0 Å². The van der Waals surface area contributed by atoms with Crippen LogP contribution in [0, 0.1) is 12.3 Å². The number of nitrogens with one attached hydrogen (secondary N) is 1. The number of hydrogen-bond donors (Lipinski definition) is 1. The van der Waals surface area contributed by atoms with E-state index in [0.29, 0.717) is 0 Å². The molecule has 0 saturated heterocycles. The SMILES string of the molecule is C#C[C@@H](CCCCCCCC)NC. The van der Waals surface area contributed by atoms with Crippen LogP contribution in [0.3, 0.4) is 0 Å².